The maximum Gasteiger partial charge on any atom is 0.125 e. The second-order valence-corrected chi connectivity index (χ2v) is 4.58. The molecule has 2 aromatic heterocycles. The highest BCUT2D eigenvalue weighted by Gasteiger charge is 2.12. The second-order valence-electron chi connectivity index (χ2n) is 4.58. The molecule has 5 nitrogen and oxygen atoms in total. The lowest BCUT2D eigenvalue weighted by molar-refractivity contribution is 0.412. The number of nitrogens with zero attached hydrogens (tertiary/aromatic N) is 3. The third kappa shape index (κ3) is 2.72. The summed E-state index contributed by atoms with van der Waals surface area (Å²) in [6, 6.07) is 12.7. The van der Waals surface area contributed by atoms with E-state index in [1.807, 2.05) is 24.3 Å². The number of aromatic nitrogens is 3. The Morgan fingerprint density at radius 1 is 1.14 bits per heavy atom. The monoisotopic (exact) mass is 281 g/mol. The van der Waals surface area contributed by atoms with Gasteiger partial charge >= 0.3 is 0 Å². The number of phenols is 1. The Labute approximate surface area is 122 Å². The first-order valence-corrected chi connectivity index (χ1v) is 6.57. The number of methoxy groups -OCH3 is 1. The van der Waals surface area contributed by atoms with Crippen molar-refractivity contribution in [2.24, 2.45) is 0 Å². The zero-order valence-corrected chi connectivity index (χ0v) is 11.6. The van der Waals surface area contributed by atoms with Crippen LogP contribution in [0.2, 0.25) is 0 Å². The van der Waals surface area contributed by atoms with E-state index in [1.165, 1.54) is 0 Å². The SMILES string of the molecule is COc1ccc(O)c(-c2ccnn2Cc2ccccn2)c1. The molecule has 0 spiro atoms. The zero-order valence-electron chi connectivity index (χ0n) is 11.6. The molecule has 0 saturated carbocycles. The Morgan fingerprint density at radius 3 is 2.81 bits per heavy atom. The lowest BCUT2D eigenvalue weighted by atomic mass is 10.1. The van der Waals surface area contributed by atoms with Gasteiger partial charge in [-0.3, -0.25) is 9.67 Å². The van der Waals surface area contributed by atoms with Gasteiger partial charge in [0.15, 0.2) is 0 Å². The van der Waals surface area contributed by atoms with Gasteiger partial charge in [-0.05, 0) is 36.4 Å². The Morgan fingerprint density at radius 2 is 2.05 bits per heavy atom. The minimum atomic E-state index is 0.193. The zero-order chi connectivity index (χ0) is 14.7. The van der Waals surface area contributed by atoms with Crippen molar-refractivity contribution < 1.29 is 9.84 Å². The first-order valence-electron chi connectivity index (χ1n) is 6.57. The van der Waals surface area contributed by atoms with Crippen LogP contribution in [0.15, 0.2) is 54.9 Å². The topological polar surface area (TPSA) is 60.2 Å². The van der Waals surface area contributed by atoms with Gasteiger partial charge in [-0.25, -0.2) is 0 Å². The molecule has 1 N–H and O–H groups in total. The Bertz CT molecular complexity index is 738. The van der Waals surface area contributed by atoms with Crippen molar-refractivity contribution in [1.29, 1.82) is 0 Å². The molecule has 0 unspecified atom stereocenters. The normalized spacial score (nSPS) is 10.5. The molecule has 21 heavy (non-hydrogen) atoms. The van der Waals surface area contributed by atoms with Crippen LogP contribution in [0.5, 0.6) is 11.5 Å². The van der Waals surface area contributed by atoms with E-state index in [2.05, 4.69) is 10.1 Å². The molecule has 0 radical (unpaired) electrons. The van der Waals surface area contributed by atoms with E-state index < -0.39 is 0 Å². The molecular weight excluding hydrogens is 266 g/mol. The van der Waals surface area contributed by atoms with Gasteiger partial charge in [0.25, 0.3) is 0 Å². The smallest absolute Gasteiger partial charge is 0.125 e. The summed E-state index contributed by atoms with van der Waals surface area (Å²) < 4.78 is 7.02. The van der Waals surface area contributed by atoms with E-state index >= 15 is 0 Å². The molecule has 0 bridgehead atoms. The van der Waals surface area contributed by atoms with Crippen LogP contribution < -0.4 is 4.74 Å². The van der Waals surface area contributed by atoms with Crippen LogP contribution in [0.3, 0.4) is 0 Å². The minimum absolute atomic E-state index is 0.193. The molecule has 0 fully saturated rings. The maximum absolute atomic E-state index is 10.1. The van der Waals surface area contributed by atoms with Gasteiger partial charge in [-0.2, -0.15) is 5.10 Å². The molecule has 106 valence electrons. The van der Waals surface area contributed by atoms with E-state index in [0.29, 0.717) is 17.9 Å². The number of hydrogen-bond donors (Lipinski definition) is 1. The van der Waals surface area contributed by atoms with Crippen molar-refractivity contribution in [3.8, 4) is 22.8 Å². The number of aromatic hydroxyl groups is 1. The summed E-state index contributed by atoms with van der Waals surface area (Å²) in [6.07, 6.45) is 3.46. The third-order valence-electron chi connectivity index (χ3n) is 3.23. The summed E-state index contributed by atoms with van der Waals surface area (Å²) in [5, 5.41) is 14.4. The number of benzene rings is 1. The Balaban J connectivity index is 1.99. The van der Waals surface area contributed by atoms with Crippen molar-refractivity contribution in [1.82, 2.24) is 14.8 Å². The van der Waals surface area contributed by atoms with Crippen LogP contribution in [0.25, 0.3) is 11.3 Å². The molecule has 3 rings (SSSR count). The van der Waals surface area contributed by atoms with Crippen LogP contribution in [-0.4, -0.2) is 27.0 Å². The van der Waals surface area contributed by atoms with Crippen LogP contribution in [0.4, 0.5) is 0 Å². The summed E-state index contributed by atoms with van der Waals surface area (Å²) in [6.45, 7) is 0.541. The minimum Gasteiger partial charge on any atom is -0.507 e. The molecule has 1 aromatic carbocycles. The fourth-order valence-corrected chi connectivity index (χ4v) is 2.18. The molecule has 3 aromatic rings. The number of pyridine rings is 1. The molecule has 0 aliphatic heterocycles. The van der Waals surface area contributed by atoms with Crippen LogP contribution >= 0.6 is 0 Å². The molecule has 5 heteroatoms. The molecule has 0 amide bonds. The fourth-order valence-electron chi connectivity index (χ4n) is 2.18. The van der Waals surface area contributed by atoms with Gasteiger partial charge in [-0.1, -0.05) is 6.07 Å². The Kier molecular flexibility index (Phi) is 3.55. The van der Waals surface area contributed by atoms with Gasteiger partial charge in [0.2, 0.25) is 0 Å². The van der Waals surface area contributed by atoms with Crippen LogP contribution in [-0.2, 0) is 6.54 Å². The first kappa shape index (κ1) is 13.2. The van der Waals surface area contributed by atoms with Gasteiger partial charge in [0.05, 0.1) is 25.0 Å². The first-order chi connectivity index (χ1) is 10.3. The molecule has 0 aliphatic rings. The van der Waals surface area contributed by atoms with Crippen molar-refractivity contribution in [2.45, 2.75) is 6.54 Å². The average molecular weight is 281 g/mol. The second kappa shape index (κ2) is 5.66. The van der Waals surface area contributed by atoms with E-state index in [-0.39, 0.29) is 5.75 Å². The highest BCUT2D eigenvalue weighted by Crippen LogP contribution is 2.32. The summed E-state index contributed by atoms with van der Waals surface area (Å²) in [7, 11) is 1.60. The lowest BCUT2D eigenvalue weighted by Gasteiger charge is -2.10. The van der Waals surface area contributed by atoms with Crippen molar-refractivity contribution in [2.75, 3.05) is 7.11 Å². The highest BCUT2D eigenvalue weighted by atomic mass is 16.5. The quantitative estimate of drug-likeness (QED) is 0.798. The predicted molar refractivity (Wildman–Crippen MR) is 79.2 cm³/mol. The average Bonchev–Trinajstić information content (AvgIpc) is 2.97. The summed E-state index contributed by atoms with van der Waals surface area (Å²) in [5.74, 6) is 0.881. The van der Waals surface area contributed by atoms with Crippen molar-refractivity contribution in [3.05, 3.63) is 60.6 Å². The number of hydrogen-bond acceptors (Lipinski definition) is 4. The van der Waals surface area contributed by atoms with Gasteiger partial charge in [0.1, 0.15) is 11.5 Å². The van der Waals surface area contributed by atoms with Crippen molar-refractivity contribution >= 4 is 0 Å². The van der Waals surface area contributed by atoms with Crippen LogP contribution in [0, 0.1) is 0 Å². The van der Waals surface area contributed by atoms with E-state index in [9.17, 15) is 5.11 Å². The molecule has 0 aliphatic carbocycles. The maximum atomic E-state index is 10.1. The largest absolute Gasteiger partial charge is 0.507 e. The Hall–Kier alpha value is -2.82. The summed E-state index contributed by atoms with van der Waals surface area (Å²) in [5.41, 5.74) is 2.41. The number of phenolic OH excluding ortho intramolecular Hbond substituents is 1. The van der Waals surface area contributed by atoms with Crippen LogP contribution in [0.1, 0.15) is 5.69 Å². The van der Waals surface area contributed by atoms with Gasteiger partial charge in [0, 0.05) is 18.0 Å². The molecule has 0 saturated heterocycles. The summed E-state index contributed by atoms with van der Waals surface area (Å²) in [4.78, 5) is 4.30. The predicted octanol–water partition coefficient (Wildman–Crippen LogP) is 2.71. The van der Waals surface area contributed by atoms with Crippen molar-refractivity contribution in [3.63, 3.8) is 0 Å². The fraction of sp³-hybridized carbons (Fsp3) is 0.125. The standard InChI is InChI=1S/C16H15N3O2/c1-21-13-5-6-16(20)14(10-13)15-7-9-18-19(15)11-12-4-2-3-8-17-12/h2-10,20H,11H2,1H3. The molecular formula is C16H15N3O2. The van der Waals surface area contributed by atoms with E-state index in [4.69, 9.17) is 4.74 Å². The lowest BCUT2D eigenvalue weighted by Crippen LogP contribution is -2.05. The van der Waals surface area contributed by atoms with E-state index in [1.54, 1.807) is 42.4 Å². The van der Waals surface area contributed by atoms with Gasteiger partial charge < -0.3 is 9.84 Å². The highest BCUT2D eigenvalue weighted by molar-refractivity contribution is 5.68. The summed E-state index contributed by atoms with van der Waals surface area (Å²) >= 11 is 0. The van der Waals surface area contributed by atoms with Gasteiger partial charge in [-0.15, -0.1) is 0 Å². The molecule has 2 heterocycles. The number of rotatable bonds is 4. The van der Waals surface area contributed by atoms with E-state index in [0.717, 1.165) is 11.4 Å². The molecule has 0 atom stereocenters. The number of ether oxygens (including phenoxy) is 1. The third-order valence-corrected chi connectivity index (χ3v) is 3.23.